The summed E-state index contributed by atoms with van der Waals surface area (Å²) in [6.45, 7) is 4.11. The minimum absolute atomic E-state index is 0.0946. The molecule has 1 fully saturated rings. The summed E-state index contributed by atoms with van der Waals surface area (Å²) in [5, 5.41) is 20.8. The number of hydrogen-bond acceptors (Lipinski definition) is 7. The fourth-order valence-electron chi connectivity index (χ4n) is 3.76. The molecule has 0 bridgehead atoms. The number of nitrogens with zero attached hydrogens (tertiary/aromatic N) is 3. The number of aryl methyl sites for hydroxylation is 1. The predicted molar refractivity (Wildman–Crippen MR) is 116 cm³/mol. The third-order valence-electron chi connectivity index (χ3n) is 5.16. The van der Waals surface area contributed by atoms with E-state index in [0.29, 0.717) is 17.9 Å². The van der Waals surface area contributed by atoms with E-state index in [4.69, 9.17) is 5.11 Å². The molecule has 1 saturated heterocycles. The summed E-state index contributed by atoms with van der Waals surface area (Å²) in [7, 11) is -3.82. The lowest BCUT2D eigenvalue weighted by Crippen LogP contribution is -2.43. The van der Waals surface area contributed by atoms with Crippen molar-refractivity contribution in [2.45, 2.75) is 32.0 Å². The van der Waals surface area contributed by atoms with Crippen LogP contribution < -0.4 is 10.0 Å². The van der Waals surface area contributed by atoms with Crippen LogP contribution >= 0.6 is 0 Å². The number of piperidine rings is 1. The molecule has 176 valence electrons. The Morgan fingerprint density at radius 3 is 2.62 bits per heavy atom. The Kier molecular flexibility index (Phi) is 7.25. The van der Waals surface area contributed by atoms with Gasteiger partial charge in [-0.15, -0.1) is 10.2 Å². The summed E-state index contributed by atoms with van der Waals surface area (Å²) in [6.07, 6.45) is -1.84. The van der Waals surface area contributed by atoms with Crippen LogP contribution in [-0.4, -0.2) is 67.2 Å². The maximum atomic E-state index is 13.1. The molecule has 3 rings (SSSR count). The smallest absolute Gasteiger partial charge is 0.395 e. The van der Waals surface area contributed by atoms with Gasteiger partial charge in [0.25, 0.3) is 0 Å². The van der Waals surface area contributed by atoms with Gasteiger partial charge in [-0.05, 0) is 50.1 Å². The zero-order valence-electron chi connectivity index (χ0n) is 17.8. The number of aliphatic hydroxyl groups is 1. The van der Waals surface area contributed by atoms with Crippen molar-refractivity contribution in [3.05, 3.63) is 35.4 Å². The molecule has 3 N–H and O–H groups in total. The van der Waals surface area contributed by atoms with Crippen LogP contribution in [0.5, 0.6) is 0 Å². The molecule has 0 amide bonds. The Morgan fingerprint density at radius 1 is 1.25 bits per heavy atom. The zero-order chi connectivity index (χ0) is 23.5. The molecule has 1 atom stereocenters. The van der Waals surface area contributed by atoms with Crippen molar-refractivity contribution in [3.8, 4) is 11.3 Å². The number of alkyl halides is 3. The van der Waals surface area contributed by atoms with Crippen LogP contribution in [0.1, 0.15) is 24.0 Å². The number of aromatic nitrogens is 2. The molecular weight excluding hydrogens is 447 g/mol. The Balaban J connectivity index is 1.88. The Hall–Kier alpha value is -2.44. The Labute approximate surface area is 184 Å². The number of β-amino-alcohol motifs (C(OH)–C–C–N with tert-alkyl or cyclic N) is 1. The summed E-state index contributed by atoms with van der Waals surface area (Å²) in [5.41, 5.74) is -0.0806. The summed E-state index contributed by atoms with van der Waals surface area (Å²) in [6, 6.07) is 4.68. The molecular formula is C20H26F3N5O3S. The number of anilines is 2. The molecule has 12 heteroatoms. The van der Waals surface area contributed by atoms with Crippen LogP contribution in [-0.2, 0) is 16.2 Å². The van der Waals surface area contributed by atoms with Gasteiger partial charge in [0.05, 0.1) is 29.8 Å². The van der Waals surface area contributed by atoms with Gasteiger partial charge in [0.2, 0.25) is 10.0 Å². The second kappa shape index (κ2) is 9.59. The summed E-state index contributed by atoms with van der Waals surface area (Å²) in [5.74, 6) is 0.520. The van der Waals surface area contributed by atoms with E-state index in [1.54, 1.807) is 13.0 Å². The van der Waals surface area contributed by atoms with Crippen LogP contribution in [0.2, 0.25) is 0 Å². The van der Waals surface area contributed by atoms with Gasteiger partial charge >= 0.3 is 6.18 Å². The van der Waals surface area contributed by atoms with E-state index in [1.807, 2.05) is 0 Å². The molecule has 32 heavy (non-hydrogen) atoms. The fourth-order valence-corrected chi connectivity index (χ4v) is 4.33. The van der Waals surface area contributed by atoms with Crippen LogP contribution in [0.4, 0.5) is 24.7 Å². The van der Waals surface area contributed by atoms with Crippen molar-refractivity contribution in [1.29, 1.82) is 0 Å². The van der Waals surface area contributed by atoms with Gasteiger partial charge in [-0.25, -0.2) is 8.42 Å². The predicted octanol–water partition coefficient (Wildman–Crippen LogP) is 2.71. The number of rotatable bonds is 7. The molecule has 1 aliphatic heterocycles. The van der Waals surface area contributed by atoms with E-state index in [2.05, 4.69) is 25.1 Å². The van der Waals surface area contributed by atoms with Crippen LogP contribution in [0.25, 0.3) is 11.3 Å². The van der Waals surface area contributed by atoms with Crippen molar-refractivity contribution in [1.82, 2.24) is 15.1 Å². The van der Waals surface area contributed by atoms with E-state index in [-0.39, 0.29) is 29.6 Å². The highest BCUT2D eigenvalue weighted by molar-refractivity contribution is 7.92. The highest BCUT2D eigenvalue weighted by atomic mass is 32.2. The molecule has 0 aliphatic carbocycles. The molecule has 2 aromatic rings. The topological polar surface area (TPSA) is 107 Å². The minimum Gasteiger partial charge on any atom is -0.395 e. The first-order chi connectivity index (χ1) is 15.0. The van der Waals surface area contributed by atoms with Crippen molar-refractivity contribution < 1.29 is 26.7 Å². The highest BCUT2D eigenvalue weighted by Gasteiger charge is 2.31. The molecule has 0 unspecified atom stereocenters. The number of nitrogens with one attached hydrogen (secondary N) is 2. The molecule has 0 saturated carbocycles. The third kappa shape index (κ3) is 6.30. The number of likely N-dealkylation sites (tertiary alicyclic amines) is 1. The SMILES string of the molecule is Cc1cc(N[C@@H]2CCCN(CCO)C2)nnc1-c1ccc(C(F)(F)F)cc1NS(C)(=O)=O. The first kappa shape index (κ1) is 24.2. The first-order valence-corrected chi connectivity index (χ1v) is 12.0. The van der Waals surface area contributed by atoms with Crippen LogP contribution in [0, 0.1) is 6.92 Å². The maximum absolute atomic E-state index is 13.1. The van der Waals surface area contributed by atoms with E-state index in [1.165, 1.54) is 6.07 Å². The summed E-state index contributed by atoms with van der Waals surface area (Å²) >= 11 is 0. The molecule has 1 aromatic heterocycles. The van der Waals surface area contributed by atoms with E-state index < -0.39 is 21.8 Å². The quantitative estimate of drug-likeness (QED) is 0.568. The lowest BCUT2D eigenvalue weighted by molar-refractivity contribution is -0.137. The average molecular weight is 474 g/mol. The normalized spacial score (nSPS) is 17.9. The van der Waals surface area contributed by atoms with Gasteiger partial charge in [0, 0.05) is 24.7 Å². The van der Waals surface area contributed by atoms with Crippen molar-refractivity contribution in [3.63, 3.8) is 0 Å². The van der Waals surface area contributed by atoms with Crippen molar-refractivity contribution in [2.75, 3.05) is 42.5 Å². The molecule has 1 aliphatic rings. The number of hydrogen-bond donors (Lipinski definition) is 3. The van der Waals surface area contributed by atoms with Crippen molar-refractivity contribution in [2.24, 2.45) is 0 Å². The summed E-state index contributed by atoms with van der Waals surface area (Å²) in [4.78, 5) is 2.15. The number of sulfonamides is 1. The molecule has 8 nitrogen and oxygen atoms in total. The van der Waals surface area contributed by atoms with Crippen LogP contribution in [0.3, 0.4) is 0 Å². The largest absolute Gasteiger partial charge is 0.416 e. The maximum Gasteiger partial charge on any atom is 0.416 e. The lowest BCUT2D eigenvalue weighted by atomic mass is 10.0. The van der Waals surface area contributed by atoms with Gasteiger partial charge in [-0.3, -0.25) is 9.62 Å². The van der Waals surface area contributed by atoms with E-state index in [0.717, 1.165) is 44.3 Å². The highest BCUT2D eigenvalue weighted by Crippen LogP contribution is 2.36. The monoisotopic (exact) mass is 473 g/mol. The molecule has 2 heterocycles. The molecule has 0 spiro atoms. The van der Waals surface area contributed by atoms with Gasteiger partial charge < -0.3 is 10.4 Å². The second-order valence-electron chi connectivity index (χ2n) is 7.90. The zero-order valence-corrected chi connectivity index (χ0v) is 18.6. The second-order valence-corrected chi connectivity index (χ2v) is 9.65. The van der Waals surface area contributed by atoms with E-state index >= 15 is 0 Å². The first-order valence-electron chi connectivity index (χ1n) is 10.1. The van der Waals surface area contributed by atoms with Gasteiger partial charge in [-0.1, -0.05) is 6.07 Å². The lowest BCUT2D eigenvalue weighted by Gasteiger charge is -2.32. The molecule has 0 radical (unpaired) electrons. The molecule has 1 aromatic carbocycles. The Morgan fingerprint density at radius 2 is 2.00 bits per heavy atom. The average Bonchev–Trinajstić information content (AvgIpc) is 2.67. The standard InChI is InChI=1S/C20H26F3N5O3S/c1-13-10-18(24-15-4-3-7-28(12-15)8-9-29)25-26-19(13)16-6-5-14(20(21,22)23)11-17(16)27-32(2,30)31/h5-6,10-11,15,27,29H,3-4,7-9,12H2,1-2H3,(H,24,25)/t15-/m1/s1. The van der Waals surface area contributed by atoms with Crippen molar-refractivity contribution >= 4 is 21.5 Å². The number of benzene rings is 1. The minimum atomic E-state index is -4.62. The Bertz CT molecular complexity index is 1060. The van der Waals surface area contributed by atoms with Gasteiger partial charge in [-0.2, -0.15) is 13.2 Å². The summed E-state index contributed by atoms with van der Waals surface area (Å²) < 4.78 is 65.0. The number of aliphatic hydroxyl groups excluding tert-OH is 1. The third-order valence-corrected chi connectivity index (χ3v) is 5.75. The number of halogens is 3. The van der Waals surface area contributed by atoms with Crippen LogP contribution in [0.15, 0.2) is 24.3 Å². The van der Waals surface area contributed by atoms with E-state index in [9.17, 15) is 21.6 Å². The fraction of sp³-hybridized carbons (Fsp3) is 0.500. The van der Waals surface area contributed by atoms with Gasteiger partial charge in [0.15, 0.2) is 0 Å². The van der Waals surface area contributed by atoms with Gasteiger partial charge in [0.1, 0.15) is 5.82 Å².